The van der Waals surface area contributed by atoms with Gasteiger partial charge in [0, 0.05) is 39.9 Å². The maximum atomic E-state index is 12.2. The summed E-state index contributed by atoms with van der Waals surface area (Å²) in [7, 11) is -4.35. The van der Waals surface area contributed by atoms with E-state index in [2.05, 4.69) is 72.0 Å². The summed E-state index contributed by atoms with van der Waals surface area (Å²) in [5.41, 5.74) is 2.82. The maximum Gasteiger partial charge on any atom is 0.240 e. The number of aromatic amines is 1. The molecule has 2 aromatic heterocycles. The van der Waals surface area contributed by atoms with Gasteiger partial charge in [0.2, 0.25) is 31.7 Å². The molecule has 0 radical (unpaired) electrons. The van der Waals surface area contributed by atoms with E-state index < -0.39 is 20.0 Å². The second-order valence-corrected chi connectivity index (χ2v) is 16.9. The van der Waals surface area contributed by atoms with Gasteiger partial charge in [-0.2, -0.15) is 10.0 Å². The Balaban J connectivity index is 0.000000216. The van der Waals surface area contributed by atoms with Crippen molar-refractivity contribution >= 4 is 47.4 Å². The van der Waals surface area contributed by atoms with E-state index in [1.54, 1.807) is 36.4 Å². The van der Waals surface area contributed by atoms with Crippen LogP contribution in [0.15, 0.2) is 46.2 Å². The molecule has 0 atom stereocenters. The number of anilines is 2. The quantitative estimate of drug-likeness (QED) is 0.0957. The lowest BCUT2D eigenvalue weighted by Gasteiger charge is -2.25. The van der Waals surface area contributed by atoms with Gasteiger partial charge >= 0.3 is 0 Å². The lowest BCUT2D eigenvalue weighted by molar-refractivity contribution is 0.259. The molecule has 2 aliphatic rings. The molecule has 2 fully saturated rings. The smallest absolute Gasteiger partial charge is 0.240 e. The fourth-order valence-electron chi connectivity index (χ4n) is 5.98. The van der Waals surface area contributed by atoms with Crippen molar-refractivity contribution in [3.63, 3.8) is 0 Å². The minimum Gasteiger partial charge on any atom is -0.396 e. The third kappa shape index (κ3) is 12.2. The Kier molecular flexibility index (Phi) is 16.5. The van der Waals surface area contributed by atoms with Crippen molar-refractivity contribution < 1.29 is 27.0 Å². The number of sulfonamides is 2. The number of nitrogens with one attached hydrogen (secondary N) is 5. The van der Waals surface area contributed by atoms with Crippen LogP contribution in [0.4, 0.5) is 11.4 Å². The number of hydrogen-bond donors (Lipinski definition) is 7. The van der Waals surface area contributed by atoms with Crippen LogP contribution in [-0.4, -0.2) is 113 Å². The van der Waals surface area contributed by atoms with Crippen molar-refractivity contribution in [3.05, 3.63) is 36.4 Å². The van der Waals surface area contributed by atoms with E-state index in [1.165, 1.54) is 57.4 Å². The Morgan fingerprint density at radius 1 is 0.755 bits per heavy atom. The molecule has 2 heterocycles. The summed E-state index contributed by atoms with van der Waals surface area (Å²) < 4.78 is 53.0. The summed E-state index contributed by atoms with van der Waals surface area (Å²) in [6.45, 7) is 0.365. The summed E-state index contributed by atoms with van der Waals surface area (Å²) in [5, 5.41) is 50.7. The van der Waals surface area contributed by atoms with Crippen molar-refractivity contribution in [2.45, 2.75) is 92.6 Å². The minimum atomic E-state index is -3.58. The van der Waals surface area contributed by atoms with E-state index in [9.17, 15) is 16.8 Å². The molecule has 0 saturated heterocycles. The maximum absolute atomic E-state index is 12.2. The highest BCUT2D eigenvalue weighted by molar-refractivity contribution is 9.09. The van der Waals surface area contributed by atoms with Gasteiger partial charge in [0.05, 0.1) is 29.5 Å². The molecule has 53 heavy (non-hydrogen) atoms. The van der Waals surface area contributed by atoms with Gasteiger partial charge in [0.25, 0.3) is 0 Å². The average molecular weight is 842 g/mol. The predicted molar refractivity (Wildman–Crippen MR) is 204 cm³/mol. The Hall–Kier alpha value is -3.60. The first-order valence-electron chi connectivity index (χ1n) is 17.5. The van der Waals surface area contributed by atoms with E-state index in [0.29, 0.717) is 40.2 Å². The molecular weight excluding hydrogens is 792 g/mol. The van der Waals surface area contributed by atoms with Crippen LogP contribution in [0.1, 0.15) is 64.2 Å². The van der Waals surface area contributed by atoms with E-state index in [1.807, 2.05) is 0 Å². The molecule has 4 aromatic rings. The number of halogens is 1. The van der Waals surface area contributed by atoms with Crippen LogP contribution in [0.5, 0.6) is 0 Å². The molecule has 6 rings (SSSR count). The zero-order valence-electron chi connectivity index (χ0n) is 29.9. The fraction of sp³-hybridized carbons (Fsp3) is 0.562. The zero-order valence-corrected chi connectivity index (χ0v) is 33.1. The largest absolute Gasteiger partial charge is 0.396 e. The van der Waals surface area contributed by atoms with Crippen molar-refractivity contribution in [2.75, 3.05) is 43.3 Å². The van der Waals surface area contributed by atoms with Crippen molar-refractivity contribution in [3.8, 4) is 22.8 Å². The van der Waals surface area contributed by atoms with Gasteiger partial charge in [0.1, 0.15) is 0 Å². The molecule has 292 valence electrons. The molecule has 18 nitrogen and oxygen atoms in total. The second kappa shape index (κ2) is 20.7. The number of H-pyrrole nitrogens is 1. The molecule has 21 heteroatoms. The Labute approximate surface area is 318 Å². The number of aliphatic hydroxyl groups excluding tert-OH is 2. The van der Waals surface area contributed by atoms with Gasteiger partial charge in [-0.25, -0.2) is 26.3 Å². The molecule has 0 amide bonds. The van der Waals surface area contributed by atoms with Gasteiger partial charge in [-0.15, -0.1) is 20.4 Å². The van der Waals surface area contributed by atoms with Crippen LogP contribution in [0.2, 0.25) is 0 Å². The van der Waals surface area contributed by atoms with Gasteiger partial charge in [0.15, 0.2) is 0 Å². The molecule has 2 aliphatic carbocycles. The first-order chi connectivity index (χ1) is 25.5. The lowest BCUT2D eigenvalue weighted by atomic mass is 9.95. The van der Waals surface area contributed by atoms with E-state index >= 15 is 0 Å². The summed E-state index contributed by atoms with van der Waals surface area (Å²) >= 11 is 3.00. The summed E-state index contributed by atoms with van der Waals surface area (Å²) in [4.78, 5) is 1.61. The van der Waals surface area contributed by atoms with Crippen LogP contribution < -0.4 is 20.1 Å². The van der Waals surface area contributed by atoms with Crippen LogP contribution in [0.3, 0.4) is 0 Å². The number of aromatic nitrogens is 8. The van der Waals surface area contributed by atoms with Crippen molar-refractivity contribution in [1.29, 1.82) is 0 Å². The van der Waals surface area contributed by atoms with Crippen LogP contribution in [-0.2, 0) is 26.6 Å². The number of nitrogens with zero attached hydrogens (tertiary/aromatic N) is 7. The van der Waals surface area contributed by atoms with Gasteiger partial charge in [-0.1, -0.05) is 54.5 Å². The van der Waals surface area contributed by atoms with Crippen LogP contribution in [0, 0.1) is 0 Å². The van der Waals surface area contributed by atoms with E-state index in [-0.39, 0.29) is 29.5 Å². The molecule has 0 bridgehead atoms. The van der Waals surface area contributed by atoms with Crippen LogP contribution >= 0.6 is 15.9 Å². The number of tetrazole rings is 2. The molecule has 0 unspecified atom stereocenters. The Bertz CT molecular complexity index is 1920. The zero-order chi connectivity index (χ0) is 38.3. The van der Waals surface area contributed by atoms with Crippen LogP contribution in [0.25, 0.3) is 22.8 Å². The first kappa shape index (κ1) is 42.1. The van der Waals surface area contributed by atoms with Gasteiger partial charge in [-0.05, 0) is 86.6 Å². The highest BCUT2D eigenvalue weighted by Gasteiger charge is 2.22. The monoisotopic (exact) mass is 840 g/mol. The molecular formula is C32H49BrN12O6S2. The number of benzene rings is 2. The third-order valence-electron chi connectivity index (χ3n) is 8.73. The Morgan fingerprint density at radius 3 is 1.66 bits per heavy atom. The van der Waals surface area contributed by atoms with Crippen molar-refractivity contribution in [2.24, 2.45) is 0 Å². The highest BCUT2D eigenvalue weighted by atomic mass is 79.9. The molecule has 2 saturated carbocycles. The van der Waals surface area contributed by atoms with E-state index in [0.717, 1.165) is 37.1 Å². The predicted octanol–water partition coefficient (Wildman–Crippen LogP) is 2.88. The van der Waals surface area contributed by atoms with Gasteiger partial charge in [-0.3, -0.25) is 0 Å². The summed E-state index contributed by atoms with van der Waals surface area (Å²) in [6.07, 6.45) is 11.7. The standard InChI is InChI=1S/C16H24N6O3S.C14H20N6O2S.C2H5BrO/c1-17-26(24,25)13-7-8-15(18-12-5-3-2-4-6-12)14(11-13)16-19-21-22(20-16)9-10-23;1-15-23(21,22)11-7-8-13(16-10-5-3-2-4-6-10)12(9-11)14-17-19-20-18-14;3-1-2-4/h7-8,11-12,17-18,23H,2-6,9-10H2,1H3;7-10,15-16H,2-6H2,1H3,(H,17,18,19,20);4H,1-2H2. The number of aliphatic hydroxyl groups is 2. The Morgan fingerprint density at radius 2 is 1.25 bits per heavy atom. The average Bonchev–Trinajstić information content (AvgIpc) is 3.90. The normalized spacial score (nSPS) is 15.5. The molecule has 2 aromatic carbocycles. The number of hydrogen-bond acceptors (Lipinski definition) is 14. The topological polar surface area (TPSA) is 255 Å². The second-order valence-electron chi connectivity index (χ2n) is 12.4. The third-order valence-corrected chi connectivity index (χ3v) is 11.9. The number of alkyl halides is 1. The molecule has 7 N–H and O–H groups in total. The fourth-order valence-corrected chi connectivity index (χ4v) is 7.50. The summed E-state index contributed by atoms with van der Waals surface area (Å²) in [6, 6.07) is 10.5. The highest BCUT2D eigenvalue weighted by Crippen LogP contribution is 2.32. The molecule has 0 aliphatic heterocycles. The number of rotatable bonds is 13. The summed E-state index contributed by atoms with van der Waals surface area (Å²) in [5.74, 6) is 0.696. The van der Waals surface area contributed by atoms with Gasteiger partial charge < -0.3 is 20.8 Å². The first-order valence-corrected chi connectivity index (χ1v) is 21.6. The lowest BCUT2D eigenvalue weighted by Crippen LogP contribution is -2.23. The minimum absolute atomic E-state index is 0.100. The van der Waals surface area contributed by atoms with E-state index in [4.69, 9.17) is 10.2 Å². The van der Waals surface area contributed by atoms with Crippen molar-refractivity contribution in [1.82, 2.24) is 50.3 Å². The SMILES string of the molecule is CNS(=O)(=O)c1ccc(NC2CCCCC2)c(-c2nn[nH]n2)c1.CNS(=O)(=O)c1ccc(NC2CCCCC2)c(-c2nnn(CCO)n2)c1.OCCBr. The molecule has 0 spiro atoms.